The number of benzene rings is 4. The van der Waals surface area contributed by atoms with Gasteiger partial charge in [-0.15, -0.1) is 0 Å². The Morgan fingerprint density at radius 2 is 0.872 bits per heavy atom. The van der Waals surface area contributed by atoms with Gasteiger partial charge in [0.2, 0.25) is 0 Å². The van der Waals surface area contributed by atoms with Crippen LogP contribution in [0.1, 0.15) is 73.6 Å². The van der Waals surface area contributed by atoms with Crippen molar-refractivity contribution in [3.63, 3.8) is 0 Å². The first kappa shape index (κ1) is 34.6. The molecule has 47 heavy (non-hydrogen) atoms. The van der Waals surface area contributed by atoms with Crippen LogP contribution in [0.3, 0.4) is 0 Å². The molecule has 0 fully saturated rings. The van der Waals surface area contributed by atoms with Crippen LogP contribution in [0.15, 0.2) is 97.1 Å². The minimum Gasteiger partial charge on any atom is -0.491 e. The number of ether oxygens (including phenoxy) is 4. The Morgan fingerprint density at radius 1 is 0.426 bits per heavy atom. The van der Waals surface area contributed by atoms with Crippen LogP contribution < -0.4 is 9.47 Å². The minimum absolute atomic E-state index is 0.259. The first-order chi connectivity index (χ1) is 23.3. The molecule has 0 amide bonds. The van der Waals surface area contributed by atoms with Crippen molar-refractivity contribution in [1.29, 1.82) is 0 Å². The molecule has 250 valence electrons. The van der Waals surface area contributed by atoms with E-state index in [-0.39, 0.29) is 13.2 Å². The molecule has 5 rings (SSSR count). The second-order valence-electron chi connectivity index (χ2n) is 12.1. The van der Waals surface area contributed by atoms with Gasteiger partial charge in [0.1, 0.15) is 24.7 Å². The zero-order chi connectivity index (χ0) is 32.6. The summed E-state index contributed by atoms with van der Waals surface area (Å²) in [6.45, 7) is 3.97. The van der Waals surface area contributed by atoms with Crippen LogP contribution in [0, 0.1) is 0 Å². The Hall–Kier alpha value is -3.68. The number of aliphatic hydroxyl groups excluding tert-OH is 2. The first-order valence-corrected chi connectivity index (χ1v) is 17.3. The third kappa shape index (κ3) is 8.82. The van der Waals surface area contributed by atoms with Crippen molar-refractivity contribution in [2.75, 3.05) is 52.9 Å². The summed E-state index contributed by atoms with van der Waals surface area (Å²) in [6, 6.07) is 34.4. The molecule has 0 bridgehead atoms. The van der Waals surface area contributed by atoms with Crippen LogP contribution >= 0.6 is 0 Å². The molecular weight excluding hydrogens is 588 g/mol. The van der Waals surface area contributed by atoms with Crippen molar-refractivity contribution in [1.82, 2.24) is 0 Å². The summed E-state index contributed by atoms with van der Waals surface area (Å²) in [5.41, 5.74) is 6.68. The highest BCUT2D eigenvalue weighted by molar-refractivity contribution is 5.86. The number of unbranched alkanes of at least 4 members (excludes halogenated alkanes) is 6. The quantitative estimate of drug-likeness (QED) is 0.0750. The van der Waals surface area contributed by atoms with E-state index in [2.05, 4.69) is 84.9 Å². The van der Waals surface area contributed by atoms with Gasteiger partial charge in [0.25, 0.3) is 0 Å². The van der Waals surface area contributed by atoms with Gasteiger partial charge in [-0.2, -0.15) is 0 Å². The minimum atomic E-state index is -0.554. The second kappa shape index (κ2) is 18.6. The van der Waals surface area contributed by atoms with Gasteiger partial charge >= 0.3 is 0 Å². The predicted molar refractivity (Wildman–Crippen MR) is 187 cm³/mol. The van der Waals surface area contributed by atoms with Crippen molar-refractivity contribution < 1.29 is 29.2 Å². The lowest BCUT2D eigenvalue weighted by Crippen LogP contribution is -2.28. The molecule has 4 aromatic rings. The van der Waals surface area contributed by atoms with Gasteiger partial charge in [-0.1, -0.05) is 98.5 Å². The van der Waals surface area contributed by atoms with Crippen LogP contribution in [-0.2, 0) is 14.9 Å². The molecule has 6 nitrogen and oxygen atoms in total. The van der Waals surface area contributed by atoms with Crippen LogP contribution in [0.25, 0.3) is 11.1 Å². The number of hydrogen-bond acceptors (Lipinski definition) is 6. The van der Waals surface area contributed by atoms with Crippen molar-refractivity contribution in [2.45, 2.75) is 56.8 Å². The summed E-state index contributed by atoms with van der Waals surface area (Å²) in [4.78, 5) is 0. The second-order valence-corrected chi connectivity index (χ2v) is 12.1. The smallest absolute Gasteiger partial charge is 0.119 e. The van der Waals surface area contributed by atoms with Gasteiger partial charge in [-0.3, -0.25) is 0 Å². The number of rotatable bonds is 22. The molecule has 0 heterocycles. The Labute approximate surface area is 280 Å². The maximum Gasteiger partial charge on any atom is 0.119 e. The fourth-order valence-electron chi connectivity index (χ4n) is 6.64. The summed E-state index contributed by atoms with van der Waals surface area (Å²) in [5, 5.41) is 17.9. The Bertz CT molecular complexity index is 1390. The van der Waals surface area contributed by atoms with E-state index in [0.29, 0.717) is 39.6 Å². The standard InChI is InChI=1S/C41H50O6/c42-23-9-1-3-11-25-44-27-29-46-35-17-13-15-33(31-35)41(39-21-7-5-19-37(39)38-20-6-8-22-40(38)41)34-16-14-18-36(32-34)47-30-28-45-26-12-4-2-10-24-43/h5-8,13-22,31-32,42-43H,1-4,9-12,23-30H2. The van der Waals surface area contributed by atoms with E-state index in [1.54, 1.807) is 0 Å². The molecule has 0 saturated carbocycles. The lowest BCUT2D eigenvalue weighted by atomic mass is 9.67. The van der Waals surface area contributed by atoms with E-state index in [4.69, 9.17) is 29.2 Å². The molecule has 6 heteroatoms. The lowest BCUT2D eigenvalue weighted by Gasteiger charge is -2.34. The third-order valence-corrected chi connectivity index (χ3v) is 8.87. The van der Waals surface area contributed by atoms with Gasteiger partial charge in [0.15, 0.2) is 0 Å². The monoisotopic (exact) mass is 638 g/mol. The van der Waals surface area contributed by atoms with E-state index in [9.17, 15) is 0 Å². The van der Waals surface area contributed by atoms with E-state index in [1.165, 1.54) is 22.3 Å². The molecule has 0 aliphatic heterocycles. The summed E-state index contributed by atoms with van der Waals surface area (Å²) in [7, 11) is 0. The average Bonchev–Trinajstić information content (AvgIpc) is 3.42. The van der Waals surface area contributed by atoms with Gasteiger partial charge in [0, 0.05) is 26.4 Å². The molecule has 0 unspecified atom stereocenters. The molecule has 4 aromatic carbocycles. The molecule has 1 aliphatic rings. The first-order valence-electron chi connectivity index (χ1n) is 17.3. The highest BCUT2D eigenvalue weighted by atomic mass is 16.5. The van der Waals surface area contributed by atoms with Crippen LogP contribution in [-0.4, -0.2) is 63.1 Å². The van der Waals surface area contributed by atoms with Crippen molar-refractivity contribution in [3.8, 4) is 22.6 Å². The largest absolute Gasteiger partial charge is 0.491 e. The normalized spacial score (nSPS) is 12.9. The summed E-state index contributed by atoms with van der Waals surface area (Å²) < 4.78 is 24.1. The van der Waals surface area contributed by atoms with Crippen molar-refractivity contribution in [3.05, 3.63) is 119 Å². The van der Waals surface area contributed by atoms with Crippen molar-refractivity contribution >= 4 is 0 Å². The van der Waals surface area contributed by atoms with E-state index < -0.39 is 5.41 Å². The Kier molecular flexibility index (Phi) is 13.7. The summed E-state index contributed by atoms with van der Waals surface area (Å²) >= 11 is 0. The van der Waals surface area contributed by atoms with E-state index in [1.807, 2.05) is 12.1 Å². The summed E-state index contributed by atoms with van der Waals surface area (Å²) in [6.07, 6.45) is 7.92. The molecule has 1 aliphatic carbocycles. The van der Waals surface area contributed by atoms with Crippen LogP contribution in [0.2, 0.25) is 0 Å². The van der Waals surface area contributed by atoms with Gasteiger partial charge in [-0.25, -0.2) is 0 Å². The highest BCUT2D eigenvalue weighted by Gasteiger charge is 2.46. The Balaban J connectivity index is 1.34. The number of fused-ring (bicyclic) bond motifs is 3. The fraction of sp³-hybridized carbons (Fsp3) is 0.415. The predicted octanol–water partition coefficient (Wildman–Crippen LogP) is 7.95. The van der Waals surface area contributed by atoms with Gasteiger partial charge < -0.3 is 29.2 Å². The number of hydrogen-bond donors (Lipinski definition) is 2. The maximum absolute atomic E-state index is 8.94. The van der Waals surface area contributed by atoms with Gasteiger partial charge in [0.05, 0.1) is 18.6 Å². The number of aliphatic hydroxyl groups is 2. The fourth-order valence-corrected chi connectivity index (χ4v) is 6.64. The van der Waals surface area contributed by atoms with Crippen LogP contribution in [0.5, 0.6) is 11.5 Å². The lowest BCUT2D eigenvalue weighted by molar-refractivity contribution is 0.0967. The zero-order valence-corrected chi connectivity index (χ0v) is 27.6. The average molecular weight is 639 g/mol. The maximum atomic E-state index is 8.94. The molecule has 0 spiro atoms. The molecular formula is C41H50O6. The summed E-state index contributed by atoms with van der Waals surface area (Å²) in [5.74, 6) is 1.63. The Morgan fingerprint density at radius 3 is 1.34 bits per heavy atom. The molecule has 0 saturated heterocycles. The molecule has 0 radical (unpaired) electrons. The van der Waals surface area contributed by atoms with Crippen molar-refractivity contribution in [2.24, 2.45) is 0 Å². The molecule has 2 N–H and O–H groups in total. The zero-order valence-electron chi connectivity index (χ0n) is 27.6. The van der Waals surface area contributed by atoms with Gasteiger partial charge in [-0.05, 0) is 83.3 Å². The third-order valence-electron chi connectivity index (χ3n) is 8.87. The topological polar surface area (TPSA) is 77.4 Å². The molecule has 0 aromatic heterocycles. The van der Waals surface area contributed by atoms with E-state index in [0.717, 1.165) is 74.0 Å². The van der Waals surface area contributed by atoms with E-state index >= 15 is 0 Å². The SMILES string of the molecule is OCCCCCCOCCOc1cccc(C2(c3cccc(OCCOCCCCCCO)c3)c3ccccc3-c3ccccc32)c1. The molecule has 0 atom stereocenters. The van der Waals surface area contributed by atoms with Crippen LogP contribution in [0.4, 0.5) is 0 Å². The highest BCUT2D eigenvalue weighted by Crippen LogP contribution is 2.56.